The lowest BCUT2D eigenvalue weighted by Gasteiger charge is -2.18. The summed E-state index contributed by atoms with van der Waals surface area (Å²) in [6.07, 6.45) is 69.6. The van der Waals surface area contributed by atoms with Gasteiger partial charge in [0.15, 0.2) is 6.10 Å². The number of carbonyl (C=O) groups excluding carboxylic acids is 3. The van der Waals surface area contributed by atoms with Gasteiger partial charge in [-0.1, -0.05) is 248 Å². The van der Waals surface area contributed by atoms with E-state index in [-0.39, 0.29) is 31.1 Å². The molecule has 0 aliphatic rings. The smallest absolute Gasteiger partial charge is 0.306 e. The van der Waals surface area contributed by atoms with Crippen molar-refractivity contribution in [2.24, 2.45) is 0 Å². The Hall–Kier alpha value is -2.89. The van der Waals surface area contributed by atoms with Gasteiger partial charge >= 0.3 is 17.9 Å². The van der Waals surface area contributed by atoms with Crippen molar-refractivity contribution >= 4 is 17.9 Å². The van der Waals surface area contributed by atoms with Gasteiger partial charge in [0.2, 0.25) is 0 Å². The normalized spacial score (nSPS) is 12.5. The SMILES string of the molecule is CC/C=C\C/C=C\C/C=C\C/C=C\CCCCCCCCCCCCCCCCCCC(=O)OCC(COC(=O)CCCCCCCCC)OC(=O)CCCCCCC/C=C\CCCCCC. The molecule has 6 nitrogen and oxygen atoms in total. The first-order valence-corrected chi connectivity index (χ1v) is 28.8. The van der Waals surface area contributed by atoms with Gasteiger partial charge in [-0.05, 0) is 83.5 Å². The van der Waals surface area contributed by atoms with E-state index in [1.165, 1.54) is 161 Å². The molecule has 0 fully saturated rings. The summed E-state index contributed by atoms with van der Waals surface area (Å²) in [4.78, 5) is 37.9. The van der Waals surface area contributed by atoms with E-state index in [2.05, 4.69) is 81.5 Å². The van der Waals surface area contributed by atoms with Gasteiger partial charge in [0.25, 0.3) is 0 Å². The van der Waals surface area contributed by atoms with Gasteiger partial charge in [0.05, 0.1) is 0 Å². The summed E-state index contributed by atoms with van der Waals surface area (Å²) >= 11 is 0. The molecule has 1 atom stereocenters. The fourth-order valence-corrected chi connectivity index (χ4v) is 8.19. The van der Waals surface area contributed by atoms with Crippen LogP contribution in [0.15, 0.2) is 60.8 Å². The molecule has 67 heavy (non-hydrogen) atoms. The van der Waals surface area contributed by atoms with E-state index in [0.717, 1.165) is 89.9 Å². The van der Waals surface area contributed by atoms with Crippen LogP contribution in [0.5, 0.6) is 0 Å². The van der Waals surface area contributed by atoms with E-state index in [9.17, 15) is 14.4 Å². The molecule has 6 heteroatoms. The number of ether oxygens (including phenoxy) is 3. The summed E-state index contributed by atoms with van der Waals surface area (Å²) in [6.45, 7) is 6.48. The first-order chi connectivity index (χ1) is 33.0. The predicted molar refractivity (Wildman–Crippen MR) is 288 cm³/mol. The van der Waals surface area contributed by atoms with Crippen molar-refractivity contribution in [3.8, 4) is 0 Å². The second-order valence-corrected chi connectivity index (χ2v) is 19.2. The van der Waals surface area contributed by atoms with E-state index in [4.69, 9.17) is 14.2 Å². The van der Waals surface area contributed by atoms with Crippen LogP contribution in [-0.2, 0) is 28.6 Å². The largest absolute Gasteiger partial charge is 0.462 e. The van der Waals surface area contributed by atoms with Crippen LogP contribution in [0.3, 0.4) is 0 Å². The minimum atomic E-state index is -0.772. The minimum Gasteiger partial charge on any atom is -0.462 e. The van der Waals surface area contributed by atoms with E-state index in [1.807, 2.05) is 0 Å². The first-order valence-electron chi connectivity index (χ1n) is 28.8. The fraction of sp³-hybridized carbons (Fsp3) is 0.787. The molecule has 0 rings (SSSR count). The fourth-order valence-electron chi connectivity index (χ4n) is 8.19. The molecular weight excluding hydrogens is 829 g/mol. The topological polar surface area (TPSA) is 78.9 Å². The number of allylic oxidation sites excluding steroid dienone is 10. The summed E-state index contributed by atoms with van der Waals surface area (Å²) in [6, 6.07) is 0. The Bertz CT molecular complexity index is 1210. The second kappa shape index (κ2) is 55.7. The molecule has 0 aliphatic heterocycles. The van der Waals surface area contributed by atoms with Crippen molar-refractivity contribution in [3.63, 3.8) is 0 Å². The molecule has 0 saturated heterocycles. The highest BCUT2D eigenvalue weighted by Gasteiger charge is 2.19. The van der Waals surface area contributed by atoms with Crippen LogP contribution >= 0.6 is 0 Å². The van der Waals surface area contributed by atoms with Gasteiger partial charge in [0.1, 0.15) is 13.2 Å². The van der Waals surface area contributed by atoms with Crippen LogP contribution in [-0.4, -0.2) is 37.2 Å². The Morgan fingerprint density at radius 1 is 0.313 bits per heavy atom. The molecule has 0 spiro atoms. The molecule has 0 bridgehead atoms. The molecule has 0 N–H and O–H groups in total. The second-order valence-electron chi connectivity index (χ2n) is 19.2. The summed E-state index contributed by atoms with van der Waals surface area (Å²) in [5.74, 6) is -0.880. The van der Waals surface area contributed by atoms with Crippen molar-refractivity contribution in [2.45, 2.75) is 297 Å². The minimum absolute atomic E-state index is 0.0742. The predicted octanol–water partition coefficient (Wildman–Crippen LogP) is 19.2. The Kier molecular flexibility index (Phi) is 53.3. The van der Waals surface area contributed by atoms with Gasteiger partial charge < -0.3 is 14.2 Å². The zero-order valence-corrected chi connectivity index (χ0v) is 44.4. The van der Waals surface area contributed by atoms with Crippen LogP contribution in [0, 0.1) is 0 Å². The molecule has 388 valence electrons. The first kappa shape index (κ1) is 64.1. The monoisotopic (exact) mass is 937 g/mol. The Labute approximate surface area is 415 Å². The summed E-state index contributed by atoms with van der Waals surface area (Å²) < 4.78 is 16.8. The van der Waals surface area contributed by atoms with Gasteiger partial charge in [0, 0.05) is 19.3 Å². The Balaban J connectivity index is 4.04. The van der Waals surface area contributed by atoms with Crippen molar-refractivity contribution in [1.29, 1.82) is 0 Å². The molecule has 0 aromatic heterocycles. The number of hydrogen-bond donors (Lipinski definition) is 0. The van der Waals surface area contributed by atoms with E-state index >= 15 is 0 Å². The van der Waals surface area contributed by atoms with Gasteiger partial charge in [-0.2, -0.15) is 0 Å². The quantitative estimate of drug-likeness (QED) is 0.0262. The van der Waals surface area contributed by atoms with Crippen molar-refractivity contribution in [2.75, 3.05) is 13.2 Å². The third kappa shape index (κ3) is 53.9. The molecule has 0 aromatic carbocycles. The molecule has 0 aromatic rings. The summed E-state index contributed by atoms with van der Waals surface area (Å²) in [5, 5.41) is 0. The van der Waals surface area contributed by atoms with Crippen molar-refractivity contribution in [3.05, 3.63) is 60.8 Å². The maximum absolute atomic E-state index is 12.8. The number of esters is 3. The maximum Gasteiger partial charge on any atom is 0.306 e. The average Bonchev–Trinajstić information content (AvgIpc) is 3.33. The van der Waals surface area contributed by atoms with Crippen LogP contribution in [0.4, 0.5) is 0 Å². The van der Waals surface area contributed by atoms with Crippen molar-refractivity contribution in [1.82, 2.24) is 0 Å². The highest BCUT2D eigenvalue weighted by atomic mass is 16.6. The van der Waals surface area contributed by atoms with Gasteiger partial charge in [-0.15, -0.1) is 0 Å². The zero-order chi connectivity index (χ0) is 48.6. The Morgan fingerprint density at radius 3 is 0.940 bits per heavy atom. The average molecular weight is 938 g/mol. The zero-order valence-electron chi connectivity index (χ0n) is 44.4. The number of hydrogen-bond acceptors (Lipinski definition) is 6. The molecule has 0 amide bonds. The lowest BCUT2D eigenvalue weighted by molar-refractivity contribution is -0.167. The van der Waals surface area contributed by atoms with Gasteiger partial charge in [-0.25, -0.2) is 0 Å². The van der Waals surface area contributed by atoms with Crippen LogP contribution in [0.25, 0.3) is 0 Å². The molecule has 0 aliphatic carbocycles. The third-order valence-electron chi connectivity index (χ3n) is 12.5. The van der Waals surface area contributed by atoms with Crippen molar-refractivity contribution < 1.29 is 28.6 Å². The van der Waals surface area contributed by atoms with E-state index < -0.39 is 6.10 Å². The summed E-state index contributed by atoms with van der Waals surface area (Å²) in [5.41, 5.74) is 0. The maximum atomic E-state index is 12.8. The molecule has 0 saturated carbocycles. The summed E-state index contributed by atoms with van der Waals surface area (Å²) in [7, 11) is 0. The third-order valence-corrected chi connectivity index (χ3v) is 12.5. The molecule has 1 unspecified atom stereocenters. The molecular formula is C61H108O6. The highest BCUT2D eigenvalue weighted by Crippen LogP contribution is 2.16. The van der Waals surface area contributed by atoms with Gasteiger partial charge in [-0.3, -0.25) is 14.4 Å². The lowest BCUT2D eigenvalue weighted by Crippen LogP contribution is -2.30. The Morgan fingerprint density at radius 2 is 0.582 bits per heavy atom. The highest BCUT2D eigenvalue weighted by molar-refractivity contribution is 5.71. The van der Waals surface area contributed by atoms with E-state index in [1.54, 1.807) is 0 Å². The van der Waals surface area contributed by atoms with Crippen LogP contribution in [0.2, 0.25) is 0 Å². The van der Waals surface area contributed by atoms with Crippen LogP contribution in [0.1, 0.15) is 290 Å². The number of rotatable bonds is 52. The van der Waals surface area contributed by atoms with E-state index in [0.29, 0.717) is 19.3 Å². The lowest BCUT2D eigenvalue weighted by atomic mass is 10.0. The standard InChI is InChI=1S/C61H108O6/c1-4-7-10-13-16-18-20-22-23-24-25-26-27-28-29-30-31-32-33-34-35-36-37-39-40-42-45-48-51-54-60(63)66-57-58(56-65-59(62)53-50-47-44-15-12-9-6-3)67-61(64)55-52-49-46-43-41-38-21-19-17-14-11-8-5-2/h7,10,16,18-19,21-23,25-26,58H,4-6,8-9,11-15,17,20,24,27-57H2,1-3H3/b10-7-,18-16-,21-19-,23-22-,26-25-. The van der Waals surface area contributed by atoms with Crippen LogP contribution < -0.4 is 0 Å². The molecule has 0 heterocycles. The number of carbonyl (C=O) groups is 3. The molecule has 0 radical (unpaired) electrons. The number of unbranched alkanes of at least 4 members (excludes halogenated alkanes) is 31.